The van der Waals surface area contributed by atoms with Gasteiger partial charge in [-0.3, -0.25) is 23.7 Å². The van der Waals surface area contributed by atoms with Gasteiger partial charge in [0.1, 0.15) is 11.6 Å². The lowest BCUT2D eigenvalue weighted by atomic mass is 9.98. The number of fused-ring (bicyclic) bond motifs is 2. The number of terminal acetylenes is 1. The zero-order valence-corrected chi connectivity index (χ0v) is 27.0. The Morgan fingerprint density at radius 2 is 1.62 bits per heavy atom. The molecule has 0 aliphatic carbocycles. The number of ether oxygens (including phenoxy) is 1. The van der Waals surface area contributed by atoms with E-state index < -0.39 is 11.4 Å². The van der Waals surface area contributed by atoms with Crippen molar-refractivity contribution in [3.8, 4) is 12.3 Å². The molecule has 0 bridgehead atoms. The lowest BCUT2D eigenvalue weighted by Crippen LogP contribution is -2.30. The average Bonchev–Trinajstić information content (AvgIpc) is 3.03. The standard InChI is InChI=1S/C36H36N6O5/c1-7-16-41(20-25-9-15-30-28(18-25)33(44)39-22(2)38-30)27-12-10-26(11-13-27)32(43)37-19-24-8-14-31-29(17-24)34(45)42(23(3)40-31)21-47-35(46)36(4,5)6/h1,8-15,17-18H,16,19-21H2,2-6H3,(H,37,43)(H,38,39,44). The second kappa shape index (κ2) is 13.3. The van der Waals surface area contributed by atoms with Crippen LogP contribution in [0.4, 0.5) is 5.69 Å². The predicted molar refractivity (Wildman–Crippen MR) is 181 cm³/mol. The van der Waals surface area contributed by atoms with E-state index in [4.69, 9.17) is 11.2 Å². The van der Waals surface area contributed by atoms with E-state index in [0.29, 0.717) is 57.7 Å². The first kappa shape index (κ1) is 32.6. The summed E-state index contributed by atoms with van der Waals surface area (Å²) in [7, 11) is 0. The number of H-pyrrole nitrogens is 1. The Kier molecular flexibility index (Phi) is 9.24. The van der Waals surface area contributed by atoms with Gasteiger partial charge < -0.3 is 19.9 Å². The minimum Gasteiger partial charge on any atom is -0.443 e. The molecule has 240 valence electrons. The molecule has 0 saturated heterocycles. The van der Waals surface area contributed by atoms with Gasteiger partial charge in [0.2, 0.25) is 0 Å². The molecule has 1 amide bonds. The fraction of sp³-hybridized carbons (Fsp3) is 0.278. The summed E-state index contributed by atoms with van der Waals surface area (Å²) >= 11 is 0. The molecule has 0 unspecified atom stereocenters. The number of anilines is 1. The molecule has 0 fully saturated rings. The SMILES string of the molecule is C#CCN(Cc1ccc2nc(C)[nH]c(=O)c2c1)c1ccc(C(=O)NCc2ccc3nc(C)n(COC(=O)C(C)(C)C)c(=O)c3c2)cc1. The molecule has 11 heteroatoms. The van der Waals surface area contributed by atoms with Gasteiger partial charge >= 0.3 is 5.97 Å². The Hall–Kier alpha value is -5.76. The molecule has 11 nitrogen and oxygen atoms in total. The lowest BCUT2D eigenvalue weighted by molar-refractivity contribution is -0.157. The number of aryl methyl sites for hydroxylation is 2. The Labute approximate surface area is 271 Å². The fourth-order valence-corrected chi connectivity index (χ4v) is 5.06. The van der Waals surface area contributed by atoms with E-state index in [1.165, 1.54) is 4.57 Å². The molecule has 5 aromatic rings. The van der Waals surface area contributed by atoms with Gasteiger partial charge in [0.05, 0.1) is 33.8 Å². The molecule has 0 aliphatic heterocycles. The number of hydrogen-bond donors (Lipinski definition) is 2. The van der Waals surface area contributed by atoms with Crippen LogP contribution < -0.4 is 21.3 Å². The summed E-state index contributed by atoms with van der Waals surface area (Å²) in [4.78, 5) is 64.6. The zero-order valence-electron chi connectivity index (χ0n) is 27.0. The summed E-state index contributed by atoms with van der Waals surface area (Å²) in [6, 6.07) is 17.9. The van der Waals surface area contributed by atoms with Gasteiger partial charge in [0, 0.05) is 24.3 Å². The maximum absolute atomic E-state index is 13.3. The number of aromatic nitrogens is 4. The Morgan fingerprint density at radius 3 is 2.30 bits per heavy atom. The number of carbonyl (C=O) groups excluding carboxylic acids is 2. The monoisotopic (exact) mass is 632 g/mol. The third-order valence-electron chi connectivity index (χ3n) is 7.64. The molecule has 0 spiro atoms. The van der Waals surface area contributed by atoms with Crippen LogP contribution in [0.3, 0.4) is 0 Å². The predicted octanol–water partition coefficient (Wildman–Crippen LogP) is 4.37. The van der Waals surface area contributed by atoms with Crippen LogP contribution in [0.2, 0.25) is 0 Å². The second-order valence-electron chi connectivity index (χ2n) is 12.3. The average molecular weight is 633 g/mol. The number of esters is 1. The van der Waals surface area contributed by atoms with Crippen LogP contribution in [0, 0.1) is 31.6 Å². The molecule has 2 aromatic heterocycles. The van der Waals surface area contributed by atoms with Crippen molar-refractivity contribution < 1.29 is 14.3 Å². The molecular formula is C36H36N6O5. The Balaban J connectivity index is 1.27. The van der Waals surface area contributed by atoms with Crippen LogP contribution in [0.5, 0.6) is 0 Å². The van der Waals surface area contributed by atoms with Gasteiger partial charge in [-0.1, -0.05) is 18.1 Å². The van der Waals surface area contributed by atoms with Crippen molar-refractivity contribution in [1.82, 2.24) is 24.8 Å². The maximum Gasteiger partial charge on any atom is 0.312 e. The van der Waals surface area contributed by atoms with Crippen LogP contribution in [0.25, 0.3) is 21.8 Å². The van der Waals surface area contributed by atoms with Crippen LogP contribution in [-0.4, -0.2) is 37.9 Å². The van der Waals surface area contributed by atoms with E-state index >= 15 is 0 Å². The summed E-state index contributed by atoms with van der Waals surface area (Å²) in [6.07, 6.45) is 5.66. The van der Waals surface area contributed by atoms with Crippen molar-refractivity contribution >= 4 is 39.4 Å². The lowest BCUT2D eigenvalue weighted by Gasteiger charge is -2.23. The molecule has 2 heterocycles. The first-order valence-corrected chi connectivity index (χ1v) is 15.1. The van der Waals surface area contributed by atoms with Gasteiger partial charge in [0.15, 0.2) is 6.73 Å². The van der Waals surface area contributed by atoms with Gasteiger partial charge in [-0.25, -0.2) is 9.97 Å². The van der Waals surface area contributed by atoms with Crippen LogP contribution in [-0.2, 0) is 29.4 Å². The highest BCUT2D eigenvalue weighted by atomic mass is 16.5. The Morgan fingerprint density at radius 1 is 0.957 bits per heavy atom. The van der Waals surface area contributed by atoms with Gasteiger partial charge in [-0.15, -0.1) is 6.42 Å². The molecule has 5 rings (SSSR count). The van der Waals surface area contributed by atoms with E-state index in [2.05, 4.69) is 26.2 Å². The van der Waals surface area contributed by atoms with Gasteiger partial charge in [-0.2, -0.15) is 0 Å². The minimum atomic E-state index is -0.702. The van der Waals surface area contributed by atoms with Crippen molar-refractivity contribution in [3.05, 3.63) is 110 Å². The number of nitrogens with one attached hydrogen (secondary N) is 2. The first-order valence-electron chi connectivity index (χ1n) is 15.1. The number of hydrogen-bond acceptors (Lipinski definition) is 8. The topological polar surface area (TPSA) is 139 Å². The largest absolute Gasteiger partial charge is 0.443 e. The molecular weight excluding hydrogens is 596 g/mol. The number of aromatic amines is 1. The van der Waals surface area contributed by atoms with Crippen molar-refractivity contribution in [2.24, 2.45) is 5.41 Å². The third kappa shape index (κ3) is 7.39. The highest BCUT2D eigenvalue weighted by Crippen LogP contribution is 2.20. The highest BCUT2D eigenvalue weighted by molar-refractivity contribution is 5.94. The third-order valence-corrected chi connectivity index (χ3v) is 7.64. The fourth-order valence-electron chi connectivity index (χ4n) is 5.06. The number of benzene rings is 3. The van der Waals surface area contributed by atoms with Crippen LogP contribution >= 0.6 is 0 Å². The van der Waals surface area contributed by atoms with Gasteiger partial charge in [-0.05, 0) is 94.3 Å². The molecule has 47 heavy (non-hydrogen) atoms. The van der Waals surface area contributed by atoms with Crippen molar-refractivity contribution in [1.29, 1.82) is 0 Å². The van der Waals surface area contributed by atoms with Crippen molar-refractivity contribution in [2.45, 2.75) is 54.4 Å². The number of nitrogens with zero attached hydrogens (tertiary/aromatic N) is 4. The molecule has 0 atom stereocenters. The highest BCUT2D eigenvalue weighted by Gasteiger charge is 2.23. The van der Waals surface area contributed by atoms with Crippen LogP contribution in [0.15, 0.2) is 70.3 Å². The summed E-state index contributed by atoms with van der Waals surface area (Å²) in [6.45, 7) is 9.36. The molecule has 3 aromatic carbocycles. The van der Waals surface area contributed by atoms with Crippen molar-refractivity contribution in [3.63, 3.8) is 0 Å². The first-order chi connectivity index (χ1) is 22.3. The smallest absolute Gasteiger partial charge is 0.312 e. The molecule has 2 N–H and O–H groups in total. The summed E-state index contributed by atoms with van der Waals surface area (Å²) in [5, 5.41) is 3.76. The van der Waals surface area contributed by atoms with E-state index in [1.54, 1.807) is 65.0 Å². The zero-order chi connectivity index (χ0) is 33.9. The van der Waals surface area contributed by atoms with Crippen molar-refractivity contribution in [2.75, 3.05) is 11.4 Å². The summed E-state index contributed by atoms with van der Waals surface area (Å²) in [5.74, 6) is 2.95. The second-order valence-corrected chi connectivity index (χ2v) is 12.3. The maximum atomic E-state index is 13.3. The Bertz CT molecular complexity index is 2150. The van der Waals surface area contributed by atoms with E-state index in [-0.39, 0.29) is 30.3 Å². The van der Waals surface area contributed by atoms with E-state index in [0.717, 1.165) is 11.3 Å². The number of amides is 1. The normalized spacial score (nSPS) is 11.3. The minimum absolute atomic E-state index is 0.182. The number of rotatable bonds is 9. The molecule has 0 aliphatic rings. The van der Waals surface area contributed by atoms with Crippen LogP contribution in [0.1, 0.15) is 53.9 Å². The van der Waals surface area contributed by atoms with E-state index in [9.17, 15) is 19.2 Å². The summed E-state index contributed by atoms with van der Waals surface area (Å²) in [5.41, 5.74) is 2.78. The number of carbonyl (C=O) groups is 2. The van der Waals surface area contributed by atoms with E-state index in [1.807, 2.05) is 35.2 Å². The molecule has 0 saturated carbocycles. The molecule has 0 radical (unpaired) electrons. The quantitative estimate of drug-likeness (QED) is 0.181. The summed E-state index contributed by atoms with van der Waals surface area (Å²) < 4.78 is 6.67. The van der Waals surface area contributed by atoms with Gasteiger partial charge in [0.25, 0.3) is 17.0 Å².